The van der Waals surface area contributed by atoms with Gasteiger partial charge in [-0.3, -0.25) is 0 Å². The Bertz CT molecular complexity index is 409. The molecular formula is C13H19Cl2N3. The van der Waals surface area contributed by atoms with Gasteiger partial charge in [0.05, 0.1) is 5.02 Å². The van der Waals surface area contributed by atoms with Crippen LogP contribution in [0, 0.1) is 0 Å². The van der Waals surface area contributed by atoms with Crippen LogP contribution in [0.1, 0.15) is 18.4 Å². The van der Waals surface area contributed by atoms with Crippen molar-refractivity contribution in [3.8, 4) is 0 Å². The molecule has 0 aliphatic carbocycles. The van der Waals surface area contributed by atoms with Crippen molar-refractivity contribution < 1.29 is 0 Å². The summed E-state index contributed by atoms with van der Waals surface area (Å²) in [6.07, 6.45) is 4.15. The first kappa shape index (κ1) is 13.9. The molecule has 5 heteroatoms. The largest absolute Gasteiger partial charge is 0.352 e. The van der Waals surface area contributed by atoms with Gasteiger partial charge in [0.15, 0.2) is 0 Å². The predicted octanol–water partition coefficient (Wildman–Crippen LogP) is 3.00. The molecule has 0 saturated carbocycles. The van der Waals surface area contributed by atoms with Gasteiger partial charge in [-0.05, 0) is 38.6 Å². The van der Waals surface area contributed by atoms with Gasteiger partial charge >= 0.3 is 0 Å². The summed E-state index contributed by atoms with van der Waals surface area (Å²) in [7, 11) is 4.21. The minimum absolute atomic E-state index is 0.431. The van der Waals surface area contributed by atoms with Crippen molar-refractivity contribution in [1.29, 1.82) is 0 Å². The number of halogens is 2. The molecule has 0 radical (unpaired) electrons. The SMILES string of the molecule is CN(C)CC1CCCN1c1cc(CCl)c(Cl)cn1. The van der Waals surface area contributed by atoms with Gasteiger partial charge in [0.25, 0.3) is 0 Å². The first-order chi connectivity index (χ1) is 8.61. The third-order valence-corrected chi connectivity index (χ3v) is 3.94. The fourth-order valence-corrected chi connectivity index (χ4v) is 2.94. The van der Waals surface area contributed by atoms with Gasteiger partial charge in [-0.15, -0.1) is 11.6 Å². The smallest absolute Gasteiger partial charge is 0.129 e. The zero-order chi connectivity index (χ0) is 13.1. The first-order valence-corrected chi connectivity index (χ1v) is 7.15. The first-order valence-electron chi connectivity index (χ1n) is 6.23. The van der Waals surface area contributed by atoms with Crippen LogP contribution in [0.15, 0.2) is 12.3 Å². The molecule has 1 fully saturated rings. The van der Waals surface area contributed by atoms with Crippen molar-refractivity contribution in [1.82, 2.24) is 9.88 Å². The molecule has 0 spiro atoms. The molecule has 1 aliphatic heterocycles. The van der Waals surface area contributed by atoms with Crippen molar-refractivity contribution in [3.05, 3.63) is 22.8 Å². The van der Waals surface area contributed by atoms with Crippen LogP contribution in [0.4, 0.5) is 5.82 Å². The summed E-state index contributed by atoms with van der Waals surface area (Å²) < 4.78 is 0. The molecule has 1 unspecified atom stereocenters. The summed E-state index contributed by atoms with van der Waals surface area (Å²) in [4.78, 5) is 9.03. The number of anilines is 1. The van der Waals surface area contributed by atoms with Crippen LogP contribution in [-0.4, -0.2) is 43.1 Å². The van der Waals surface area contributed by atoms with E-state index >= 15 is 0 Å². The molecule has 1 aromatic rings. The molecule has 2 rings (SSSR count). The lowest BCUT2D eigenvalue weighted by molar-refractivity contribution is 0.371. The summed E-state index contributed by atoms with van der Waals surface area (Å²) in [6.45, 7) is 2.12. The number of hydrogen-bond donors (Lipinski definition) is 0. The number of likely N-dealkylation sites (N-methyl/N-ethyl adjacent to an activating group) is 1. The fourth-order valence-electron chi connectivity index (χ4n) is 2.48. The second kappa shape index (κ2) is 6.09. The second-order valence-electron chi connectivity index (χ2n) is 5.02. The molecule has 3 nitrogen and oxygen atoms in total. The van der Waals surface area contributed by atoms with Gasteiger partial charge in [-0.2, -0.15) is 0 Å². The molecule has 0 amide bonds. The van der Waals surface area contributed by atoms with Crippen molar-refractivity contribution in [2.24, 2.45) is 0 Å². The van der Waals surface area contributed by atoms with E-state index in [1.54, 1.807) is 6.20 Å². The van der Waals surface area contributed by atoms with Gasteiger partial charge in [0.2, 0.25) is 0 Å². The van der Waals surface area contributed by atoms with Crippen LogP contribution in [0.25, 0.3) is 0 Å². The summed E-state index contributed by atoms with van der Waals surface area (Å²) in [6, 6.07) is 2.56. The fraction of sp³-hybridized carbons (Fsp3) is 0.615. The van der Waals surface area contributed by atoms with Gasteiger partial charge in [-0.25, -0.2) is 4.98 Å². The van der Waals surface area contributed by atoms with Crippen LogP contribution in [-0.2, 0) is 5.88 Å². The van der Waals surface area contributed by atoms with E-state index in [1.165, 1.54) is 12.8 Å². The second-order valence-corrected chi connectivity index (χ2v) is 5.69. The Morgan fingerprint density at radius 2 is 2.28 bits per heavy atom. The minimum atomic E-state index is 0.431. The average Bonchev–Trinajstić information content (AvgIpc) is 2.77. The molecule has 0 bridgehead atoms. The third-order valence-electron chi connectivity index (χ3n) is 3.31. The van der Waals surface area contributed by atoms with Gasteiger partial charge in [0, 0.05) is 31.2 Å². The Kier molecular flexibility index (Phi) is 4.71. The van der Waals surface area contributed by atoms with Crippen LogP contribution < -0.4 is 4.90 Å². The highest BCUT2D eigenvalue weighted by Gasteiger charge is 2.26. The summed E-state index contributed by atoms with van der Waals surface area (Å²) in [5.74, 6) is 1.43. The number of aromatic nitrogens is 1. The molecular weight excluding hydrogens is 269 g/mol. The average molecular weight is 288 g/mol. The Labute approximate surface area is 119 Å². The van der Waals surface area contributed by atoms with Crippen molar-refractivity contribution >= 4 is 29.0 Å². The van der Waals surface area contributed by atoms with E-state index in [4.69, 9.17) is 23.2 Å². The van der Waals surface area contributed by atoms with Crippen LogP contribution in [0.2, 0.25) is 5.02 Å². The minimum Gasteiger partial charge on any atom is -0.352 e. The Balaban J connectivity index is 2.19. The number of rotatable bonds is 4. The maximum Gasteiger partial charge on any atom is 0.129 e. The van der Waals surface area contributed by atoms with Crippen molar-refractivity contribution in [2.45, 2.75) is 24.8 Å². The van der Waals surface area contributed by atoms with E-state index in [2.05, 4.69) is 28.9 Å². The predicted molar refractivity (Wildman–Crippen MR) is 77.7 cm³/mol. The van der Waals surface area contributed by atoms with Crippen LogP contribution in [0.3, 0.4) is 0 Å². The number of pyridine rings is 1. The van der Waals surface area contributed by atoms with E-state index < -0.39 is 0 Å². The van der Waals surface area contributed by atoms with Crippen LogP contribution in [0.5, 0.6) is 0 Å². The topological polar surface area (TPSA) is 19.4 Å². The van der Waals surface area contributed by atoms with Crippen molar-refractivity contribution in [3.63, 3.8) is 0 Å². The number of hydrogen-bond acceptors (Lipinski definition) is 3. The monoisotopic (exact) mass is 287 g/mol. The lowest BCUT2D eigenvalue weighted by Crippen LogP contribution is -2.38. The Hall–Kier alpha value is -0.510. The number of alkyl halides is 1. The van der Waals surface area contributed by atoms with Gasteiger partial charge < -0.3 is 9.80 Å². The highest BCUT2D eigenvalue weighted by atomic mass is 35.5. The van der Waals surface area contributed by atoms with Gasteiger partial charge in [-0.1, -0.05) is 11.6 Å². The summed E-state index contributed by atoms with van der Waals surface area (Å²) in [5.41, 5.74) is 0.957. The molecule has 1 atom stereocenters. The van der Waals surface area contributed by atoms with E-state index in [1.807, 2.05) is 6.07 Å². The molecule has 18 heavy (non-hydrogen) atoms. The molecule has 1 aromatic heterocycles. The zero-order valence-corrected chi connectivity index (χ0v) is 12.4. The zero-order valence-electron chi connectivity index (χ0n) is 10.9. The quantitative estimate of drug-likeness (QED) is 0.794. The molecule has 1 saturated heterocycles. The van der Waals surface area contributed by atoms with Gasteiger partial charge in [0.1, 0.15) is 5.82 Å². The highest BCUT2D eigenvalue weighted by Crippen LogP contribution is 2.27. The van der Waals surface area contributed by atoms with E-state index in [-0.39, 0.29) is 0 Å². The third kappa shape index (κ3) is 3.08. The van der Waals surface area contributed by atoms with Crippen molar-refractivity contribution in [2.75, 3.05) is 32.1 Å². The molecule has 1 aliphatic rings. The highest BCUT2D eigenvalue weighted by molar-refractivity contribution is 6.32. The standard InChI is InChI=1S/C13H19Cl2N3/c1-17(2)9-11-4-3-5-18(11)13-6-10(7-14)12(15)8-16-13/h6,8,11H,3-5,7,9H2,1-2H3. The van der Waals surface area contributed by atoms with E-state index in [9.17, 15) is 0 Å². The lowest BCUT2D eigenvalue weighted by Gasteiger charge is -2.28. The summed E-state index contributed by atoms with van der Waals surface area (Å²) in [5, 5.41) is 0.650. The lowest BCUT2D eigenvalue weighted by atomic mass is 10.2. The maximum atomic E-state index is 6.05. The normalized spacial score (nSPS) is 19.8. The summed E-state index contributed by atoms with van der Waals surface area (Å²) >= 11 is 11.9. The number of nitrogens with zero attached hydrogens (tertiary/aromatic N) is 3. The van der Waals surface area contributed by atoms with E-state index in [0.29, 0.717) is 16.9 Å². The Morgan fingerprint density at radius 3 is 2.94 bits per heavy atom. The molecule has 0 N–H and O–H groups in total. The van der Waals surface area contributed by atoms with E-state index in [0.717, 1.165) is 24.5 Å². The Morgan fingerprint density at radius 1 is 1.50 bits per heavy atom. The maximum absolute atomic E-state index is 6.05. The molecule has 2 heterocycles. The molecule has 0 aromatic carbocycles. The van der Waals surface area contributed by atoms with Crippen LogP contribution >= 0.6 is 23.2 Å². The molecule has 100 valence electrons.